The van der Waals surface area contributed by atoms with Crippen LogP contribution in [0.4, 0.5) is 17.1 Å². The molecule has 0 fully saturated rings. The molecule has 0 radical (unpaired) electrons. The predicted octanol–water partition coefficient (Wildman–Crippen LogP) is 2.86. The molecule has 24 heavy (non-hydrogen) atoms. The quantitative estimate of drug-likeness (QED) is 0.757. The van der Waals surface area contributed by atoms with Gasteiger partial charge >= 0.3 is 0 Å². The Morgan fingerprint density at radius 3 is 2.33 bits per heavy atom. The van der Waals surface area contributed by atoms with Crippen LogP contribution >= 0.6 is 0 Å². The fourth-order valence-electron chi connectivity index (χ4n) is 3.26. The van der Waals surface area contributed by atoms with E-state index in [0.29, 0.717) is 5.69 Å². The van der Waals surface area contributed by atoms with Crippen LogP contribution in [-0.4, -0.2) is 18.8 Å². The molecular weight excluding hydrogens is 306 g/mol. The minimum absolute atomic E-state index is 0.0695. The Hall–Kier alpha value is -3.02. The maximum atomic E-state index is 12.0. The van der Waals surface area contributed by atoms with E-state index < -0.39 is 5.92 Å². The lowest BCUT2D eigenvalue weighted by atomic mass is 9.96. The molecule has 2 aliphatic rings. The van der Waals surface area contributed by atoms with Crippen molar-refractivity contribution in [1.29, 1.82) is 0 Å². The molecule has 4 rings (SSSR count). The molecule has 3 N–H and O–H groups in total. The topological polar surface area (TPSA) is 79.5 Å². The lowest BCUT2D eigenvalue weighted by Crippen LogP contribution is -2.18. The van der Waals surface area contributed by atoms with Crippen LogP contribution in [0.5, 0.6) is 5.75 Å². The van der Waals surface area contributed by atoms with E-state index >= 15 is 0 Å². The number of nitrogens with one attached hydrogen (secondary N) is 3. The van der Waals surface area contributed by atoms with E-state index in [1.807, 2.05) is 36.4 Å². The number of ether oxygens (including phenoxy) is 1. The number of amides is 1. The van der Waals surface area contributed by atoms with Gasteiger partial charge in [-0.05, 0) is 42.3 Å². The third-order valence-corrected chi connectivity index (χ3v) is 4.48. The lowest BCUT2D eigenvalue weighted by Gasteiger charge is -2.13. The van der Waals surface area contributed by atoms with E-state index in [1.165, 1.54) is 6.92 Å². The van der Waals surface area contributed by atoms with E-state index in [-0.39, 0.29) is 17.9 Å². The summed E-state index contributed by atoms with van der Waals surface area (Å²) in [4.78, 5) is 23.7. The summed E-state index contributed by atoms with van der Waals surface area (Å²) in [7, 11) is 1.64. The fraction of sp³-hybridized carbons (Fsp3) is 0.222. The van der Waals surface area contributed by atoms with Crippen LogP contribution in [0.3, 0.4) is 0 Å². The molecule has 2 atom stereocenters. The first-order valence-electron chi connectivity index (χ1n) is 7.73. The fourth-order valence-corrected chi connectivity index (χ4v) is 3.26. The molecule has 6 heteroatoms. The first-order chi connectivity index (χ1) is 11.6. The maximum absolute atomic E-state index is 12.0. The third-order valence-electron chi connectivity index (χ3n) is 4.48. The molecule has 0 saturated heterocycles. The van der Waals surface area contributed by atoms with Gasteiger partial charge in [0.15, 0.2) is 0 Å². The van der Waals surface area contributed by atoms with Gasteiger partial charge in [-0.1, -0.05) is 12.1 Å². The van der Waals surface area contributed by atoms with Crippen LogP contribution < -0.4 is 20.7 Å². The van der Waals surface area contributed by atoms with Gasteiger partial charge in [0.1, 0.15) is 23.6 Å². The minimum atomic E-state index is -0.716. The predicted molar refractivity (Wildman–Crippen MR) is 91.5 cm³/mol. The van der Waals surface area contributed by atoms with E-state index in [4.69, 9.17) is 4.74 Å². The molecule has 2 aromatic carbocycles. The number of carbonyl (C=O) groups is 2. The van der Waals surface area contributed by atoms with Crippen LogP contribution in [0.15, 0.2) is 36.4 Å². The summed E-state index contributed by atoms with van der Waals surface area (Å²) >= 11 is 0. The van der Waals surface area contributed by atoms with Crippen molar-refractivity contribution in [1.82, 2.24) is 0 Å². The summed E-state index contributed by atoms with van der Waals surface area (Å²) in [6.07, 6.45) is -0.0695. The normalized spacial score (nSPS) is 20.5. The highest BCUT2D eigenvalue weighted by Crippen LogP contribution is 2.43. The number of methoxy groups -OCH3 is 1. The second-order valence-corrected chi connectivity index (χ2v) is 6.01. The van der Waals surface area contributed by atoms with Crippen LogP contribution in [0.1, 0.15) is 30.1 Å². The van der Waals surface area contributed by atoms with Gasteiger partial charge in [-0.3, -0.25) is 9.59 Å². The molecule has 122 valence electrons. The molecule has 6 nitrogen and oxygen atoms in total. The van der Waals surface area contributed by atoms with Crippen LogP contribution in [0.25, 0.3) is 0 Å². The number of anilines is 3. The van der Waals surface area contributed by atoms with Crippen molar-refractivity contribution in [3.63, 3.8) is 0 Å². The van der Waals surface area contributed by atoms with Crippen molar-refractivity contribution in [2.24, 2.45) is 0 Å². The van der Waals surface area contributed by atoms with Crippen LogP contribution in [0.2, 0.25) is 0 Å². The number of carbonyl (C=O) groups excluding carboxylic acids is 2. The zero-order valence-electron chi connectivity index (χ0n) is 13.3. The van der Waals surface area contributed by atoms with E-state index in [9.17, 15) is 9.59 Å². The number of ketones is 1. The molecule has 0 spiro atoms. The maximum Gasteiger partial charge on any atom is 0.239 e. The van der Waals surface area contributed by atoms with Crippen molar-refractivity contribution in [3.8, 4) is 5.75 Å². The number of fused-ring (bicyclic) bond motifs is 2. The summed E-state index contributed by atoms with van der Waals surface area (Å²) < 4.78 is 5.18. The number of rotatable bonds is 3. The third kappa shape index (κ3) is 2.19. The average molecular weight is 323 g/mol. The first-order valence-corrected chi connectivity index (χ1v) is 7.73. The number of hydrogen-bond acceptors (Lipinski definition) is 5. The van der Waals surface area contributed by atoms with Gasteiger partial charge in [-0.25, -0.2) is 0 Å². The Labute approximate surface area is 139 Å². The SMILES string of the molecule is COc1ccc(C2Nc3cc4c(cc3N2)C(C(C)=O)C(=O)N4)cc1. The summed E-state index contributed by atoms with van der Waals surface area (Å²) in [5, 5.41) is 9.56. The van der Waals surface area contributed by atoms with Gasteiger partial charge in [0.25, 0.3) is 0 Å². The Balaban J connectivity index is 1.64. The smallest absolute Gasteiger partial charge is 0.239 e. The molecule has 0 aromatic heterocycles. The lowest BCUT2D eigenvalue weighted by molar-refractivity contribution is -0.125. The van der Waals surface area contributed by atoms with E-state index in [1.54, 1.807) is 7.11 Å². The van der Waals surface area contributed by atoms with Gasteiger partial charge < -0.3 is 20.7 Å². The van der Waals surface area contributed by atoms with Crippen LogP contribution in [0, 0.1) is 0 Å². The Morgan fingerprint density at radius 2 is 1.71 bits per heavy atom. The number of Topliss-reactive ketones (excluding diaryl/α,β-unsaturated/α-hetero) is 1. The average Bonchev–Trinajstić information content (AvgIpc) is 3.11. The van der Waals surface area contributed by atoms with Gasteiger partial charge in [0, 0.05) is 5.69 Å². The molecular formula is C18H17N3O3. The summed E-state index contributed by atoms with van der Waals surface area (Å²) in [5.74, 6) is -0.316. The molecule has 0 saturated carbocycles. The zero-order chi connectivity index (χ0) is 16.8. The van der Waals surface area contributed by atoms with Crippen molar-refractivity contribution in [2.75, 3.05) is 23.1 Å². The number of hydrogen-bond donors (Lipinski definition) is 3. The molecule has 2 unspecified atom stereocenters. The first kappa shape index (κ1) is 14.6. The molecule has 2 aromatic rings. The minimum Gasteiger partial charge on any atom is -0.497 e. The van der Waals surface area contributed by atoms with E-state index in [2.05, 4.69) is 16.0 Å². The second kappa shape index (κ2) is 5.26. The largest absolute Gasteiger partial charge is 0.497 e. The van der Waals surface area contributed by atoms with E-state index in [0.717, 1.165) is 28.3 Å². The molecule has 1 amide bonds. The highest BCUT2D eigenvalue weighted by Gasteiger charge is 2.36. The molecule has 2 heterocycles. The molecule has 0 aliphatic carbocycles. The highest BCUT2D eigenvalue weighted by atomic mass is 16.5. The number of benzene rings is 2. The van der Waals surface area contributed by atoms with Crippen LogP contribution in [-0.2, 0) is 9.59 Å². The van der Waals surface area contributed by atoms with Crippen molar-refractivity contribution in [2.45, 2.75) is 19.0 Å². The van der Waals surface area contributed by atoms with Gasteiger partial charge in [-0.15, -0.1) is 0 Å². The van der Waals surface area contributed by atoms with Gasteiger partial charge in [-0.2, -0.15) is 0 Å². The summed E-state index contributed by atoms with van der Waals surface area (Å²) in [6.45, 7) is 1.44. The Morgan fingerprint density at radius 1 is 1.04 bits per heavy atom. The second-order valence-electron chi connectivity index (χ2n) is 6.01. The van der Waals surface area contributed by atoms with Gasteiger partial charge in [0.05, 0.1) is 18.5 Å². The highest BCUT2D eigenvalue weighted by molar-refractivity contribution is 6.17. The van der Waals surface area contributed by atoms with Crippen molar-refractivity contribution < 1.29 is 14.3 Å². The van der Waals surface area contributed by atoms with Crippen molar-refractivity contribution in [3.05, 3.63) is 47.5 Å². The zero-order valence-corrected chi connectivity index (χ0v) is 13.3. The molecule has 0 bridgehead atoms. The monoisotopic (exact) mass is 323 g/mol. The van der Waals surface area contributed by atoms with Gasteiger partial charge in [0.2, 0.25) is 5.91 Å². The Kier molecular flexibility index (Phi) is 3.19. The standard InChI is InChI=1S/C18H17N3O3/c1-9(22)16-12-7-14-15(8-13(12)21-18(16)23)20-17(19-14)10-3-5-11(24-2)6-4-10/h3-8,16-17,19-20H,1-2H3,(H,21,23). The summed E-state index contributed by atoms with van der Waals surface area (Å²) in [6, 6.07) is 11.6. The summed E-state index contributed by atoms with van der Waals surface area (Å²) in [5.41, 5.74) is 4.29. The molecule has 2 aliphatic heterocycles. The van der Waals surface area contributed by atoms with Crippen molar-refractivity contribution >= 4 is 28.8 Å². The Bertz CT molecular complexity index is 845.